The first-order valence-corrected chi connectivity index (χ1v) is 18.1. The molecule has 0 saturated heterocycles. The summed E-state index contributed by atoms with van der Waals surface area (Å²) in [4.78, 5) is 4.92. The van der Waals surface area contributed by atoms with Gasteiger partial charge >= 0.3 is 0 Å². The molecule has 1 aliphatic carbocycles. The minimum Gasteiger partial charge on any atom is -0.309 e. The van der Waals surface area contributed by atoms with Gasteiger partial charge in [-0.25, -0.2) is 0 Å². The lowest BCUT2D eigenvalue weighted by Crippen LogP contribution is -2.37. The van der Waals surface area contributed by atoms with Crippen LogP contribution in [0.25, 0.3) is 34.1 Å². The summed E-state index contributed by atoms with van der Waals surface area (Å²) in [6.45, 7) is 0. The summed E-state index contributed by atoms with van der Waals surface area (Å²) < 4.78 is 0. The molecule has 1 aliphatic rings. The quantitative estimate of drug-likeness (QED) is 0.149. The van der Waals surface area contributed by atoms with E-state index < -0.39 is 0 Å². The van der Waals surface area contributed by atoms with Crippen LogP contribution in [-0.4, -0.2) is 0 Å². The highest BCUT2D eigenvalue weighted by molar-refractivity contribution is 6.09. The molecule has 0 fully saturated rings. The van der Waals surface area contributed by atoms with Crippen molar-refractivity contribution in [1.29, 1.82) is 0 Å². The highest BCUT2D eigenvalue weighted by Crippen LogP contribution is 2.43. The predicted octanol–water partition coefficient (Wildman–Crippen LogP) is 12.2. The summed E-state index contributed by atoms with van der Waals surface area (Å²) in [7, 11) is 0. The Labute approximate surface area is 305 Å². The van der Waals surface area contributed by atoms with Crippen molar-refractivity contribution in [2.24, 2.45) is 0 Å². The van der Waals surface area contributed by atoms with Crippen LogP contribution < -0.4 is 20.2 Å². The third-order valence-corrected chi connectivity index (χ3v) is 10.1. The average molecular weight is 667 g/mol. The molecule has 0 spiro atoms. The summed E-state index contributed by atoms with van der Waals surface area (Å²) >= 11 is 0. The van der Waals surface area contributed by atoms with Crippen molar-refractivity contribution >= 4 is 57.0 Å². The number of hydrogen-bond acceptors (Lipinski definition) is 2. The molecule has 9 rings (SSSR count). The molecule has 0 aromatic heterocycles. The van der Waals surface area contributed by atoms with Crippen molar-refractivity contribution in [2.75, 3.05) is 9.80 Å². The van der Waals surface area contributed by atoms with Crippen LogP contribution in [0.4, 0.5) is 34.1 Å². The number of hydrogen-bond donors (Lipinski definition) is 0. The molecule has 52 heavy (non-hydrogen) atoms. The van der Waals surface area contributed by atoms with Gasteiger partial charge in [-0.15, -0.1) is 0 Å². The number of anilines is 6. The van der Waals surface area contributed by atoms with Gasteiger partial charge in [0.1, 0.15) is 0 Å². The van der Waals surface area contributed by atoms with E-state index >= 15 is 0 Å². The van der Waals surface area contributed by atoms with E-state index in [1.807, 2.05) is 0 Å². The molecule has 8 aromatic rings. The molecule has 2 heteroatoms. The SMILES string of the molecule is C1=c2c(N(c3ccccc3)c3ccccc3)c3ccc(-c4ccccc4)cc3c(N(c3ccccc3)c3ccccc3)c2=CCC1c1ccccc1. The van der Waals surface area contributed by atoms with Crippen LogP contribution in [0, 0.1) is 0 Å². The summed E-state index contributed by atoms with van der Waals surface area (Å²) in [5, 5.41) is 4.86. The maximum atomic E-state index is 2.53. The molecular weight excluding hydrogens is 629 g/mol. The molecule has 0 heterocycles. The normalized spacial score (nSPS) is 13.4. The Kier molecular flexibility index (Phi) is 8.40. The van der Waals surface area contributed by atoms with Crippen LogP contribution in [0.2, 0.25) is 0 Å². The predicted molar refractivity (Wildman–Crippen MR) is 221 cm³/mol. The van der Waals surface area contributed by atoms with Gasteiger partial charge in [0, 0.05) is 49.9 Å². The van der Waals surface area contributed by atoms with E-state index in [4.69, 9.17) is 0 Å². The lowest BCUT2D eigenvalue weighted by Gasteiger charge is -2.33. The van der Waals surface area contributed by atoms with Crippen LogP contribution in [0.3, 0.4) is 0 Å². The van der Waals surface area contributed by atoms with Crippen LogP contribution in [0.15, 0.2) is 200 Å². The van der Waals surface area contributed by atoms with Crippen molar-refractivity contribution < 1.29 is 0 Å². The monoisotopic (exact) mass is 666 g/mol. The first kappa shape index (κ1) is 31.3. The lowest BCUT2D eigenvalue weighted by atomic mass is 9.87. The Bertz CT molecular complexity index is 2490. The van der Waals surface area contributed by atoms with Crippen molar-refractivity contribution in [1.82, 2.24) is 0 Å². The van der Waals surface area contributed by atoms with Crippen molar-refractivity contribution in [2.45, 2.75) is 12.3 Å². The number of nitrogens with zero attached hydrogens (tertiary/aromatic N) is 2. The molecular formula is C50H38N2. The third-order valence-electron chi connectivity index (χ3n) is 10.1. The summed E-state index contributed by atoms with van der Waals surface area (Å²) in [5.74, 6) is 0.233. The van der Waals surface area contributed by atoms with E-state index in [-0.39, 0.29) is 5.92 Å². The molecule has 248 valence electrons. The molecule has 0 bridgehead atoms. The lowest BCUT2D eigenvalue weighted by molar-refractivity contribution is 0.920. The van der Waals surface area contributed by atoms with Crippen LogP contribution in [-0.2, 0) is 0 Å². The fraction of sp³-hybridized carbons (Fsp3) is 0.0400. The Hall–Kier alpha value is -6.64. The molecule has 0 N–H and O–H groups in total. The second-order valence-electron chi connectivity index (χ2n) is 13.3. The van der Waals surface area contributed by atoms with Gasteiger partial charge in [-0.05, 0) is 77.7 Å². The average Bonchev–Trinajstić information content (AvgIpc) is 3.23. The Morgan fingerprint density at radius 1 is 0.365 bits per heavy atom. The molecule has 0 saturated carbocycles. The van der Waals surface area contributed by atoms with Gasteiger partial charge in [0.15, 0.2) is 0 Å². The number of fused-ring (bicyclic) bond motifs is 2. The van der Waals surface area contributed by atoms with Gasteiger partial charge in [0.2, 0.25) is 0 Å². The van der Waals surface area contributed by atoms with Gasteiger partial charge in [-0.1, -0.05) is 158 Å². The Balaban J connectivity index is 1.47. The topological polar surface area (TPSA) is 6.48 Å². The van der Waals surface area contributed by atoms with Crippen molar-refractivity contribution in [3.8, 4) is 11.1 Å². The summed E-state index contributed by atoms with van der Waals surface area (Å²) in [5.41, 5.74) is 10.6. The molecule has 0 amide bonds. The molecule has 0 radical (unpaired) electrons. The largest absolute Gasteiger partial charge is 0.309 e. The van der Waals surface area contributed by atoms with E-state index in [2.05, 4.69) is 222 Å². The smallest absolute Gasteiger partial charge is 0.0616 e. The fourth-order valence-corrected chi connectivity index (χ4v) is 7.73. The third kappa shape index (κ3) is 5.85. The van der Waals surface area contributed by atoms with E-state index in [1.165, 1.54) is 49.3 Å². The second-order valence-corrected chi connectivity index (χ2v) is 13.3. The standard InChI is InChI=1S/C50H38N2/c1-7-19-37(20-8-1)39-31-33-45-47(35-39)49(51(41-23-11-3-12-24-41)42-25-13-4-14-26-42)46-34-32-40(38-21-9-2-10-22-38)36-48(46)50(45)52(43-27-15-5-16-28-43)44-29-17-6-18-30-44/h1-31,33-36,40H,32H2. The summed E-state index contributed by atoms with van der Waals surface area (Å²) in [6.07, 6.45) is 5.93. The summed E-state index contributed by atoms with van der Waals surface area (Å²) in [6, 6.07) is 72.0. The van der Waals surface area contributed by atoms with E-state index in [1.54, 1.807) is 0 Å². The molecule has 1 unspecified atom stereocenters. The van der Waals surface area contributed by atoms with Crippen molar-refractivity contribution in [3.63, 3.8) is 0 Å². The number of para-hydroxylation sites is 4. The van der Waals surface area contributed by atoms with Gasteiger partial charge in [-0.3, -0.25) is 0 Å². The zero-order chi connectivity index (χ0) is 34.7. The molecule has 2 nitrogen and oxygen atoms in total. The maximum absolute atomic E-state index is 2.53. The van der Waals surface area contributed by atoms with Gasteiger partial charge < -0.3 is 9.80 Å². The Morgan fingerprint density at radius 3 is 1.27 bits per heavy atom. The van der Waals surface area contributed by atoms with Crippen LogP contribution >= 0.6 is 0 Å². The van der Waals surface area contributed by atoms with Crippen LogP contribution in [0.1, 0.15) is 17.9 Å². The van der Waals surface area contributed by atoms with E-state index in [0.29, 0.717) is 0 Å². The zero-order valence-electron chi connectivity index (χ0n) is 28.9. The van der Waals surface area contributed by atoms with Gasteiger partial charge in [0.25, 0.3) is 0 Å². The molecule has 0 aliphatic heterocycles. The van der Waals surface area contributed by atoms with Gasteiger partial charge in [0.05, 0.1) is 11.4 Å². The molecule has 8 aromatic carbocycles. The minimum atomic E-state index is 0.233. The highest BCUT2D eigenvalue weighted by atomic mass is 15.2. The number of benzene rings is 8. The van der Waals surface area contributed by atoms with Crippen molar-refractivity contribution in [3.05, 3.63) is 216 Å². The fourth-order valence-electron chi connectivity index (χ4n) is 7.73. The first-order chi connectivity index (χ1) is 25.8. The van der Waals surface area contributed by atoms with E-state index in [0.717, 1.165) is 29.2 Å². The first-order valence-electron chi connectivity index (χ1n) is 18.1. The highest BCUT2D eigenvalue weighted by Gasteiger charge is 2.26. The molecule has 1 atom stereocenters. The van der Waals surface area contributed by atoms with E-state index in [9.17, 15) is 0 Å². The zero-order valence-corrected chi connectivity index (χ0v) is 28.9. The minimum absolute atomic E-state index is 0.233. The van der Waals surface area contributed by atoms with Crippen LogP contribution in [0.5, 0.6) is 0 Å². The second kappa shape index (κ2) is 13.9. The maximum Gasteiger partial charge on any atom is 0.0616 e. The number of rotatable bonds is 8. The Morgan fingerprint density at radius 2 is 0.788 bits per heavy atom. The van der Waals surface area contributed by atoms with Gasteiger partial charge in [-0.2, -0.15) is 0 Å².